The van der Waals surface area contributed by atoms with Crippen molar-refractivity contribution in [2.45, 2.75) is 0 Å². The highest BCUT2D eigenvalue weighted by Crippen LogP contribution is 2.37. The van der Waals surface area contributed by atoms with Crippen LogP contribution in [0.15, 0.2) is 42.5 Å². The van der Waals surface area contributed by atoms with Crippen LogP contribution in [0.25, 0.3) is 0 Å². The molecule has 0 atom stereocenters. The first-order chi connectivity index (χ1) is 10.0. The molecule has 2 N–H and O–H groups in total. The average molecular weight is 288 g/mol. The second-order valence-electron chi connectivity index (χ2n) is 4.09. The molecule has 108 valence electrons. The topological polar surface area (TPSA) is 102 Å². The van der Waals surface area contributed by atoms with Crippen LogP contribution in [0.2, 0.25) is 0 Å². The first-order valence-corrected chi connectivity index (χ1v) is 5.95. The largest absolute Gasteiger partial charge is 0.494 e. The van der Waals surface area contributed by atoms with Crippen LogP contribution in [0.5, 0.6) is 5.75 Å². The number of hydrogen-bond donors (Lipinski definition) is 2. The Balaban J connectivity index is 2.54. The van der Waals surface area contributed by atoms with Crippen molar-refractivity contribution >= 4 is 23.0 Å². The van der Waals surface area contributed by atoms with Gasteiger partial charge < -0.3 is 15.2 Å². The molecule has 0 aliphatic rings. The molecule has 7 nitrogen and oxygen atoms in total. The van der Waals surface area contributed by atoms with Crippen LogP contribution in [0.1, 0.15) is 10.4 Å². The monoisotopic (exact) mass is 288 g/mol. The van der Waals surface area contributed by atoms with E-state index in [9.17, 15) is 14.9 Å². The van der Waals surface area contributed by atoms with E-state index < -0.39 is 10.9 Å². The van der Waals surface area contributed by atoms with E-state index >= 15 is 0 Å². The lowest BCUT2D eigenvalue weighted by Gasteiger charge is -2.13. The van der Waals surface area contributed by atoms with Gasteiger partial charge in [-0.3, -0.25) is 10.1 Å². The quantitative estimate of drug-likeness (QED) is 0.647. The van der Waals surface area contributed by atoms with E-state index in [2.05, 4.69) is 5.32 Å². The number of carbonyl (C=O) groups is 1. The predicted molar refractivity (Wildman–Crippen MR) is 76.3 cm³/mol. The van der Waals surface area contributed by atoms with Gasteiger partial charge in [0.1, 0.15) is 5.75 Å². The normalized spacial score (nSPS) is 9.95. The zero-order valence-electron chi connectivity index (χ0n) is 11.1. The Morgan fingerprint density at radius 2 is 1.95 bits per heavy atom. The second kappa shape index (κ2) is 5.91. The van der Waals surface area contributed by atoms with Crippen LogP contribution in [-0.2, 0) is 0 Å². The van der Waals surface area contributed by atoms with Gasteiger partial charge in [0.2, 0.25) is 0 Å². The molecule has 2 aromatic rings. The fraction of sp³-hybridized carbons (Fsp3) is 0.0714. The molecule has 2 aromatic carbocycles. The third kappa shape index (κ3) is 2.92. The molecule has 0 bridgehead atoms. The molecule has 0 saturated heterocycles. The third-order valence-corrected chi connectivity index (χ3v) is 2.84. The van der Waals surface area contributed by atoms with Gasteiger partial charge in [-0.2, -0.15) is 0 Å². The summed E-state index contributed by atoms with van der Waals surface area (Å²) in [6.07, 6.45) is 0. The van der Waals surface area contributed by atoms with Gasteiger partial charge in [-0.15, -0.1) is 0 Å². The Labute approximate surface area is 119 Å². The lowest BCUT2D eigenvalue weighted by Crippen LogP contribution is -2.05. The average Bonchev–Trinajstić information content (AvgIpc) is 2.47. The smallest absolute Gasteiger partial charge is 0.337 e. The summed E-state index contributed by atoms with van der Waals surface area (Å²) in [4.78, 5) is 21.7. The molecular weight excluding hydrogens is 276 g/mol. The van der Waals surface area contributed by atoms with Crippen LogP contribution >= 0.6 is 0 Å². The molecule has 0 aromatic heterocycles. The van der Waals surface area contributed by atoms with E-state index in [1.54, 1.807) is 18.2 Å². The van der Waals surface area contributed by atoms with Crippen LogP contribution < -0.4 is 10.1 Å². The van der Waals surface area contributed by atoms with Crippen molar-refractivity contribution in [3.63, 3.8) is 0 Å². The SMILES string of the molecule is COc1cccc([N+](=O)[O-])c1Nc1ccccc1C(=O)O. The summed E-state index contributed by atoms with van der Waals surface area (Å²) in [5.41, 5.74) is 0.170. The Morgan fingerprint density at radius 3 is 2.57 bits per heavy atom. The van der Waals surface area contributed by atoms with E-state index in [4.69, 9.17) is 9.84 Å². The zero-order valence-corrected chi connectivity index (χ0v) is 11.1. The van der Waals surface area contributed by atoms with Crippen molar-refractivity contribution in [3.8, 4) is 5.75 Å². The van der Waals surface area contributed by atoms with Crippen molar-refractivity contribution in [1.29, 1.82) is 0 Å². The van der Waals surface area contributed by atoms with Crippen LogP contribution in [0.4, 0.5) is 17.1 Å². The van der Waals surface area contributed by atoms with E-state index in [0.717, 1.165) is 0 Å². The molecular formula is C14H12N2O5. The summed E-state index contributed by atoms with van der Waals surface area (Å²) in [6, 6.07) is 10.5. The summed E-state index contributed by atoms with van der Waals surface area (Å²) in [5.74, 6) is -0.875. The van der Waals surface area contributed by atoms with Gasteiger partial charge in [0.15, 0.2) is 5.69 Å². The molecule has 0 aliphatic heterocycles. The molecule has 0 unspecified atom stereocenters. The lowest BCUT2D eigenvalue weighted by molar-refractivity contribution is -0.384. The first-order valence-electron chi connectivity index (χ1n) is 5.95. The van der Waals surface area contributed by atoms with Gasteiger partial charge in [-0.1, -0.05) is 18.2 Å². The van der Waals surface area contributed by atoms with E-state index in [0.29, 0.717) is 0 Å². The standard InChI is InChI=1S/C14H12N2O5/c1-21-12-8-4-7-11(16(19)20)13(12)15-10-6-3-2-5-9(10)14(17)18/h2-8,15H,1H3,(H,17,18). The Hall–Kier alpha value is -3.09. The van der Waals surface area contributed by atoms with E-state index in [-0.39, 0.29) is 28.4 Å². The van der Waals surface area contributed by atoms with Gasteiger partial charge in [0.05, 0.1) is 23.3 Å². The number of aromatic carboxylic acids is 1. The number of rotatable bonds is 5. The highest BCUT2D eigenvalue weighted by Gasteiger charge is 2.20. The third-order valence-electron chi connectivity index (χ3n) is 2.84. The molecule has 0 aliphatic carbocycles. The number of methoxy groups -OCH3 is 1. The molecule has 0 spiro atoms. The Morgan fingerprint density at radius 1 is 1.24 bits per heavy atom. The number of anilines is 2. The van der Waals surface area contributed by atoms with Crippen LogP contribution in [-0.4, -0.2) is 23.1 Å². The number of carboxylic acids is 1. The molecule has 0 saturated carbocycles. The number of nitro groups is 1. The minimum Gasteiger partial charge on any atom is -0.494 e. The fourth-order valence-corrected chi connectivity index (χ4v) is 1.88. The van der Waals surface area contributed by atoms with Crippen molar-refractivity contribution < 1.29 is 19.6 Å². The van der Waals surface area contributed by atoms with Gasteiger partial charge >= 0.3 is 5.97 Å². The predicted octanol–water partition coefficient (Wildman–Crippen LogP) is 3.05. The van der Waals surface area contributed by atoms with E-state index in [1.165, 1.54) is 31.4 Å². The molecule has 21 heavy (non-hydrogen) atoms. The van der Waals surface area contributed by atoms with Crippen LogP contribution in [0.3, 0.4) is 0 Å². The van der Waals surface area contributed by atoms with Gasteiger partial charge in [0, 0.05) is 6.07 Å². The van der Waals surface area contributed by atoms with Crippen molar-refractivity contribution in [1.82, 2.24) is 0 Å². The van der Waals surface area contributed by atoms with Gasteiger partial charge in [0.25, 0.3) is 5.69 Å². The maximum absolute atomic E-state index is 11.2. The minimum atomic E-state index is -1.13. The maximum atomic E-state index is 11.2. The first kappa shape index (κ1) is 14.3. The van der Waals surface area contributed by atoms with E-state index in [1.807, 2.05) is 0 Å². The van der Waals surface area contributed by atoms with Gasteiger partial charge in [-0.25, -0.2) is 4.79 Å². The second-order valence-corrected chi connectivity index (χ2v) is 4.09. The number of benzene rings is 2. The Kier molecular flexibility index (Phi) is 4.03. The summed E-state index contributed by atoms with van der Waals surface area (Å²) in [5, 5.41) is 23.0. The number of para-hydroxylation sites is 2. The summed E-state index contributed by atoms with van der Waals surface area (Å²) in [7, 11) is 1.38. The highest BCUT2D eigenvalue weighted by molar-refractivity contribution is 5.96. The number of nitrogens with one attached hydrogen (secondary N) is 1. The molecule has 0 fully saturated rings. The van der Waals surface area contributed by atoms with Gasteiger partial charge in [-0.05, 0) is 18.2 Å². The molecule has 0 heterocycles. The summed E-state index contributed by atoms with van der Waals surface area (Å²) in [6.45, 7) is 0. The maximum Gasteiger partial charge on any atom is 0.337 e. The Bertz CT molecular complexity index is 700. The van der Waals surface area contributed by atoms with Crippen molar-refractivity contribution in [2.24, 2.45) is 0 Å². The van der Waals surface area contributed by atoms with Crippen molar-refractivity contribution in [3.05, 3.63) is 58.1 Å². The van der Waals surface area contributed by atoms with Crippen LogP contribution in [0, 0.1) is 10.1 Å². The fourth-order valence-electron chi connectivity index (χ4n) is 1.88. The number of carboxylic acid groups (broad SMARTS) is 1. The number of nitrogens with zero attached hydrogens (tertiary/aromatic N) is 1. The van der Waals surface area contributed by atoms with Crippen molar-refractivity contribution in [2.75, 3.05) is 12.4 Å². The minimum absolute atomic E-state index is 0.0118. The number of nitro benzene ring substituents is 1. The number of hydrogen-bond acceptors (Lipinski definition) is 5. The summed E-state index contributed by atoms with van der Waals surface area (Å²) >= 11 is 0. The summed E-state index contributed by atoms with van der Waals surface area (Å²) < 4.78 is 5.09. The number of ether oxygens (including phenoxy) is 1. The molecule has 0 amide bonds. The molecule has 7 heteroatoms. The lowest BCUT2D eigenvalue weighted by atomic mass is 10.1. The highest BCUT2D eigenvalue weighted by atomic mass is 16.6. The zero-order chi connectivity index (χ0) is 15.4. The molecule has 0 radical (unpaired) electrons. The molecule has 2 rings (SSSR count).